The SMILES string of the molecule is COC(=O)C(CNc1ccsc1)NC(C)=O. The van der Waals surface area contributed by atoms with Crippen molar-refractivity contribution in [1.29, 1.82) is 0 Å². The Morgan fingerprint density at radius 1 is 1.56 bits per heavy atom. The van der Waals surface area contributed by atoms with E-state index >= 15 is 0 Å². The largest absolute Gasteiger partial charge is 0.467 e. The molecule has 0 saturated carbocycles. The highest BCUT2D eigenvalue weighted by atomic mass is 32.1. The number of hydrogen-bond acceptors (Lipinski definition) is 5. The summed E-state index contributed by atoms with van der Waals surface area (Å²) in [5.74, 6) is -0.722. The van der Waals surface area contributed by atoms with E-state index in [2.05, 4.69) is 15.4 Å². The third kappa shape index (κ3) is 3.90. The number of methoxy groups -OCH3 is 1. The molecule has 88 valence electrons. The minimum atomic E-state index is -0.664. The first kappa shape index (κ1) is 12.5. The molecular weight excluding hydrogens is 228 g/mol. The summed E-state index contributed by atoms with van der Waals surface area (Å²) in [7, 11) is 1.29. The van der Waals surface area contributed by atoms with Gasteiger partial charge < -0.3 is 15.4 Å². The van der Waals surface area contributed by atoms with Gasteiger partial charge in [0.25, 0.3) is 0 Å². The van der Waals surface area contributed by atoms with Crippen molar-refractivity contribution in [3.8, 4) is 0 Å². The number of hydrogen-bond donors (Lipinski definition) is 2. The fourth-order valence-electron chi connectivity index (χ4n) is 1.17. The first-order chi connectivity index (χ1) is 7.63. The Labute approximate surface area is 97.8 Å². The van der Waals surface area contributed by atoms with Crippen LogP contribution in [0.1, 0.15) is 6.92 Å². The van der Waals surface area contributed by atoms with Gasteiger partial charge in [-0.15, -0.1) is 0 Å². The number of esters is 1. The molecular formula is C10H14N2O3S. The number of ether oxygens (including phenoxy) is 1. The fourth-order valence-corrected chi connectivity index (χ4v) is 1.78. The van der Waals surface area contributed by atoms with Crippen LogP contribution in [0.5, 0.6) is 0 Å². The van der Waals surface area contributed by atoms with Gasteiger partial charge in [0.1, 0.15) is 6.04 Å². The molecule has 0 aliphatic heterocycles. The van der Waals surface area contributed by atoms with E-state index in [0.717, 1.165) is 5.69 Å². The molecule has 0 aromatic carbocycles. The maximum Gasteiger partial charge on any atom is 0.330 e. The summed E-state index contributed by atoms with van der Waals surface area (Å²) < 4.78 is 4.59. The standard InChI is InChI=1S/C10H14N2O3S/c1-7(13)12-9(10(14)15-2)5-11-8-3-4-16-6-8/h3-4,6,9,11H,5H2,1-2H3,(H,12,13). The number of rotatable bonds is 5. The van der Waals surface area contributed by atoms with Gasteiger partial charge in [-0.25, -0.2) is 4.79 Å². The van der Waals surface area contributed by atoms with Crippen LogP contribution in [0.3, 0.4) is 0 Å². The van der Waals surface area contributed by atoms with Crippen molar-refractivity contribution < 1.29 is 14.3 Å². The average Bonchev–Trinajstić information content (AvgIpc) is 2.75. The predicted octanol–water partition coefficient (Wildman–Crippen LogP) is 0.838. The molecule has 0 saturated heterocycles. The van der Waals surface area contributed by atoms with E-state index in [9.17, 15) is 9.59 Å². The number of amides is 1. The van der Waals surface area contributed by atoms with Crippen LogP contribution in [0.15, 0.2) is 16.8 Å². The molecule has 0 aliphatic carbocycles. The van der Waals surface area contributed by atoms with Gasteiger partial charge in [-0.2, -0.15) is 11.3 Å². The Morgan fingerprint density at radius 3 is 2.81 bits per heavy atom. The lowest BCUT2D eigenvalue weighted by molar-refractivity contribution is -0.144. The van der Waals surface area contributed by atoms with Gasteiger partial charge in [-0.05, 0) is 11.4 Å². The zero-order valence-electron chi connectivity index (χ0n) is 9.15. The molecule has 1 rings (SSSR count). The molecule has 2 N–H and O–H groups in total. The summed E-state index contributed by atoms with van der Waals surface area (Å²) in [5.41, 5.74) is 0.921. The number of carbonyl (C=O) groups is 2. The van der Waals surface area contributed by atoms with Crippen molar-refractivity contribution >= 4 is 28.9 Å². The third-order valence-corrected chi connectivity index (χ3v) is 2.58. The third-order valence-electron chi connectivity index (χ3n) is 1.89. The zero-order valence-corrected chi connectivity index (χ0v) is 9.97. The summed E-state index contributed by atoms with van der Waals surface area (Å²) in [5, 5.41) is 9.40. The molecule has 0 spiro atoms. The molecule has 1 unspecified atom stereocenters. The second-order valence-corrected chi connectivity index (χ2v) is 3.95. The van der Waals surface area contributed by atoms with Crippen LogP contribution >= 0.6 is 11.3 Å². The maximum absolute atomic E-state index is 11.3. The Kier molecular flexibility index (Phi) is 4.78. The number of carbonyl (C=O) groups excluding carboxylic acids is 2. The molecule has 0 bridgehead atoms. The van der Waals surface area contributed by atoms with Crippen LogP contribution in [0, 0.1) is 0 Å². The van der Waals surface area contributed by atoms with Crippen LogP contribution < -0.4 is 10.6 Å². The smallest absolute Gasteiger partial charge is 0.330 e. The van der Waals surface area contributed by atoms with Crippen molar-refractivity contribution in [2.45, 2.75) is 13.0 Å². The first-order valence-corrected chi connectivity index (χ1v) is 5.68. The molecule has 1 heterocycles. The molecule has 1 aromatic heterocycles. The number of nitrogens with one attached hydrogen (secondary N) is 2. The zero-order chi connectivity index (χ0) is 12.0. The molecule has 1 amide bonds. The summed E-state index contributed by atoms with van der Waals surface area (Å²) in [6.45, 7) is 1.67. The van der Waals surface area contributed by atoms with Crippen LogP contribution in [0.2, 0.25) is 0 Å². The highest BCUT2D eigenvalue weighted by Gasteiger charge is 2.19. The minimum Gasteiger partial charge on any atom is -0.467 e. The normalized spacial score (nSPS) is 11.6. The molecule has 6 heteroatoms. The van der Waals surface area contributed by atoms with Crippen molar-refractivity contribution in [2.24, 2.45) is 0 Å². The van der Waals surface area contributed by atoms with E-state index in [1.807, 2.05) is 16.8 Å². The molecule has 0 fully saturated rings. The summed E-state index contributed by atoms with van der Waals surface area (Å²) >= 11 is 1.55. The lowest BCUT2D eigenvalue weighted by atomic mass is 10.3. The fraction of sp³-hybridized carbons (Fsp3) is 0.400. The summed E-state index contributed by atoms with van der Waals surface area (Å²) in [6, 6.07) is 1.23. The highest BCUT2D eigenvalue weighted by molar-refractivity contribution is 7.08. The molecule has 0 aliphatic rings. The lowest BCUT2D eigenvalue weighted by Gasteiger charge is -2.16. The van der Waals surface area contributed by atoms with E-state index in [4.69, 9.17) is 0 Å². The average molecular weight is 242 g/mol. The van der Waals surface area contributed by atoms with Crippen LogP contribution in [-0.2, 0) is 14.3 Å². The van der Waals surface area contributed by atoms with E-state index < -0.39 is 12.0 Å². The van der Waals surface area contributed by atoms with Crippen LogP contribution in [0.4, 0.5) is 5.69 Å². The monoisotopic (exact) mass is 242 g/mol. The molecule has 1 aromatic rings. The highest BCUT2D eigenvalue weighted by Crippen LogP contribution is 2.11. The van der Waals surface area contributed by atoms with Crippen LogP contribution in [-0.4, -0.2) is 31.6 Å². The Balaban J connectivity index is 2.50. The van der Waals surface area contributed by atoms with Gasteiger partial charge in [-0.1, -0.05) is 0 Å². The van der Waals surface area contributed by atoms with Gasteiger partial charge in [-0.3, -0.25) is 4.79 Å². The number of thiophene rings is 1. The van der Waals surface area contributed by atoms with Crippen molar-refractivity contribution in [2.75, 3.05) is 19.0 Å². The predicted molar refractivity (Wildman–Crippen MR) is 62.4 cm³/mol. The summed E-state index contributed by atoms with van der Waals surface area (Å²) in [6.07, 6.45) is 0. The van der Waals surface area contributed by atoms with Gasteiger partial charge in [0.05, 0.1) is 7.11 Å². The van der Waals surface area contributed by atoms with E-state index in [1.165, 1.54) is 14.0 Å². The van der Waals surface area contributed by atoms with Gasteiger partial charge in [0.2, 0.25) is 5.91 Å². The minimum absolute atomic E-state index is 0.262. The topological polar surface area (TPSA) is 67.4 Å². The Hall–Kier alpha value is -1.56. The summed E-state index contributed by atoms with van der Waals surface area (Å²) in [4.78, 5) is 22.2. The lowest BCUT2D eigenvalue weighted by Crippen LogP contribution is -2.45. The van der Waals surface area contributed by atoms with Gasteiger partial charge in [0, 0.05) is 24.5 Å². The Morgan fingerprint density at radius 2 is 2.31 bits per heavy atom. The first-order valence-electron chi connectivity index (χ1n) is 4.74. The quantitative estimate of drug-likeness (QED) is 0.751. The van der Waals surface area contributed by atoms with Crippen molar-refractivity contribution in [3.05, 3.63) is 16.8 Å². The molecule has 0 radical (unpaired) electrons. The van der Waals surface area contributed by atoms with Crippen molar-refractivity contribution in [3.63, 3.8) is 0 Å². The second-order valence-electron chi connectivity index (χ2n) is 3.17. The number of anilines is 1. The second kappa shape index (κ2) is 6.12. The molecule has 1 atom stereocenters. The Bertz CT molecular complexity index is 351. The van der Waals surface area contributed by atoms with Crippen molar-refractivity contribution in [1.82, 2.24) is 5.32 Å². The molecule has 16 heavy (non-hydrogen) atoms. The molecule has 5 nitrogen and oxygen atoms in total. The van der Waals surface area contributed by atoms with E-state index in [0.29, 0.717) is 6.54 Å². The van der Waals surface area contributed by atoms with Gasteiger partial charge >= 0.3 is 5.97 Å². The maximum atomic E-state index is 11.3. The van der Waals surface area contributed by atoms with Crippen LogP contribution in [0.25, 0.3) is 0 Å². The van der Waals surface area contributed by atoms with Gasteiger partial charge in [0.15, 0.2) is 0 Å². The van der Waals surface area contributed by atoms with E-state index in [-0.39, 0.29) is 5.91 Å². The van der Waals surface area contributed by atoms with E-state index in [1.54, 1.807) is 11.3 Å².